The highest BCUT2D eigenvalue weighted by molar-refractivity contribution is 5.95. The molecule has 1 aliphatic carbocycles. The average molecular weight is 387 g/mol. The van der Waals surface area contributed by atoms with Crippen LogP contribution in [0, 0.1) is 0 Å². The molecular formula is C21H29N3O4. The maximum atomic E-state index is 12.7. The first-order valence-corrected chi connectivity index (χ1v) is 9.97. The van der Waals surface area contributed by atoms with Crippen LogP contribution in [0.3, 0.4) is 0 Å². The van der Waals surface area contributed by atoms with E-state index in [0.717, 1.165) is 18.4 Å². The fraction of sp³-hybridized carbons (Fsp3) is 0.524. The predicted molar refractivity (Wildman–Crippen MR) is 106 cm³/mol. The standard InChI is InChI=1S/C21H29N3O4/c1-3-28-20(25)18-17(13-22-15-7-5-4-6-8-15)23-21(26)24-19(18)14-9-11-16(27-2)12-10-14/h9-12,15,19,22H,3-8,13H2,1-2H3,(H2,23,24,26). The second-order valence-corrected chi connectivity index (χ2v) is 7.13. The number of esters is 1. The molecule has 0 radical (unpaired) electrons. The summed E-state index contributed by atoms with van der Waals surface area (Å²) in [6, 6.07) is 6.84. The summed E-state index contributed by atoms with van der Waals surface area (Å²) in [4.78, 5) is 25.0. The molecule has 2 aliphatic rings. The molecule has 1 aliphatic heterocycles. The number of hydrogen-bond donors (Lipinski definition) is 3. The normalized spacial score (nSPS) is 20.4. The van der Waals surface area contributed by atoms with E-state index in [1.807, 2.05) is 24.3 Å². The Hall–Kier alpha value is -2.54. The number of nitrogens with one attached hydrogen (secondary N) is 3. The Morgan fingerprint density at radius 3 is 2.54 bits per heavy atom. The van der Waals surface area contributed by atoms with E-state index in [2.05, 4.69) is 16.0 Å². The predicted octanol–water partition coefficient (Wildman–Crippen LogP) is 2.79. The lowest BCUT2D eigenvalue weighted by Crippen LogP contribution is -2.49. The number of methoxy groups -OCH3 is 1. The third kappa shape index (κ3) is 4.84. The van der Waals surface area contributed by atoms with Crippen LogP contribution >= 0.6 is 0 Å². The molecule has 1 aromatic rings. The summed E-state index contributed by atoms with van der Waals surface area (Å²) in [5.41, 5.74) is 1.82. The van der Waals surface area contributed by atoms with Gasteiger partial charge in [0.05, 0.1) is 25.3 Å². The first-order valence-electron chi connectivity index (χ1n) is 9.97. The van der Waals surface area contributed by atoms with E-state index in [-0.39, 0.29) is 12.6 Å². The Morgan fingerprint density at radius 2 is 1.89 bits per heavy atom. The minimum Gasteiger partial charge on any atom is -0.497 e. The third-order valence-electron chi connectivity index (χ3n) is 5.27. The Bertz CT molecular complexity index is 724. The van der Waals surface area contributed by atoms with Crippen LogP contribution in [0.5, 0.6) is 5.75 Å². The molecule has 2 amide bonds. The monoisotopic (exact) mass is 387 g/mol. The second kappa shape index (κ2) is 9.59. The lowest BCUT2D eigenvalue weighted by atomic mass is 9.93. The van der Waals surface area contributed by atoms with Gasteiger partial charge in [0, 0.05) is 18.3 Å². The third-order valence-corrected chi connectivity index (χ3v) is 5.27. The van der Waals surface area contributed by atoms with E-state index in [1.165, 1.54) is 19.3 Å². The van der Waals surface area contributed by atoms with Gasteiger partial charge >= 0.3 is 12.0 Å². The first-order chi connectivity index (χ1) is 13.6. The van der Waals surface area contributed by atoms with E-state index < -0.39 is 12.0 Å². The number of benzene rings is 1. The molecule has 0 saturated heterocycles. The summed E-state index contributed by atoms with van der Waals surface area (Å²) >= 11 is 0. The van der Waals surface area contributed by atoms with Crippen molar-refractivity contribution in [3.63, 3.8) is 0 Å². The highest BCUT2D eigenvalue weighted by Gasteiger charge is 2.33. The fourth-order valence-corrected chi connectivity index (χ4v) is 3.81. The molecule has 3 rings (SSSR count). The lowest BCUT2D eigenvalue weighted by Gasteiger charge is -2.31. The van der Waals surface area contributed by atoms with Crippen molar-refractivity contribution in [2.75, 3.05) is 20.3 Å². The van der Waals surface area contributed by atoms with Gasteiger partial charge in [-0.05, 0) is 37.5 Å². The molecule has 1 fully saturated rings. The largest absolute Gasteiger partial charge is 0.497 e. The number of rotatable bonds is 7. The molecule has 1 aromatic carbocycles. The molecule has 1 unspecified atom stereocenters. The Labute approximate surface area is 165 Å². The van der Waals surface area contributed by atoms with Crippen LogP contribution in [0.15, 0.2) is 35.5 Å². The summed E-state index contributed by atoms with van der Waals surface area (Å²) in [5, 5.41) is 9.16. The minimum atomic E-state index is -0.568. The van der Waals surface area contributed by atoms with Crippen LogP contribution < -0.4 is 20.7 Å². The van der Waals surface area contributed by atoms with Crippen molar-refractivity contribution in [2.45, 2.75) is 51.1 Å². The van der Waals surface area contributed by atoms with Gasteiger partial charge in [-0.25, -0.2) is 9.59 Å². The van der Waals surface area contributed by atoms with Gasteiger partial charge in [-0.3, -0.25) is 0 Å². The van der Waals surface area contributed by atoms with Gasteiger partial charge in [0.25, 0.3) is 0 Å². The molecule has 3 N–H and O–H groups in total. The van der Waals surface area contributed by atoms with Crippen molar-refractivity contribution in [3.05, 3.63) is 41.1 Å². The van der Waals surface area contributed by atoms with E-state index >= 15 is 0 Å². The molecule has 1 saturated carbocycles. The van der Waals surface area contributed by atoms with Crippen LogP contribution in [-0.4, -0.2) is 38.3 Å². The second-order valence-electron chi connectivity index (χ2n) is 7.13. The Kier molecular flexibility index (Phi) is 6.92. The van der Waals surface area contributed by atoms with Gasteiger partial charge in [-0.2, -0.15) is 0 Å². The van der Waals surface area contributed by atoms with E-state index in [4.69, 9.17) is 9.47 Å². The van der Waals surface area contributed by atoms with Gasteiger partial charge in [0.2, 0.25) is 0 Å². The quantitative estimate of drug-likeness (QED) is 0.626. The molecule has 152 valence electrons. The number of ether oxygens (including phenoxy) is 2. The van der Waals surface area contributed by atoms with Crippen molar-refractivity contribution < 1.29 is 19.1 Å². The molecule has 1 heterocycles. The number of urea groups is 1. The lowest BCUT2D eigenvalue weighted by molar-refractivity contribution is -0.139. The maximum absolute atomic E-state index is 12.7. The average Bonchev–Trinajstić information content (AvgIpc) is 2.72. The zero-order valence-electron chi connectivity index (χ0n) is 16.5. The van der Waals surface area contributed by atoms with E-state index in [1.54, 1.807) is 14.0 Å². The van der Waals surface area contributed by atoms with Gasteiger partial charge in [0.15, 0.2) is 0 Å². The number of hydrogen-bond acceptors (Lipinski definition) is 5. The smallest absolute Gasteiger partial charge is 0.338 e. The van der Waals surface area contributed by atoms with Crippen LogP contribution in [0.25, 0.3) is 0 Å². The Morgan fingerprint density at radius 1 is 1.18 bits per heavy atom. The van der Waals surface area contributed by atoms with Crippen LogP contribution in [0.4, 0.5) is 4.79 Å². The van der Waals surface area contributed by atoms with Crippen molar-refractivity contribution in [2.24, 2.45) is 0 Å². The Balaban J connectivity index is 1.88. The zero-order chi connectivity index (χ0) is 19.9. The van der Waals surface area contributed by atoms with E-state index in [0.29, 0.717) is 29.6 Å². The van der Waals surface area contributed by atoms with Crippen LogP contribution in [-0.2, 0) is 9.53 Å². The molecule has 1 atom stereocenters. The SMILES string of the molecule is CCOC(=O)C1=C(CNC2CCCCC2)NC(=O)NC1c1ccc(OC)cc1. The van der Waals surface area contributed by atoms with Crippen LogP contribution in [0.1, 0.15) is 50.6 Å². The number of carbonyl (C=O) groups excluding carboxylic acids is 2. The van der Waals surface area contributed by atoms with Crippen molar-refractivity contribution >= 4 is 12.0 Å². The molecule has 0 aromatic heterocycles. The fourth-order valence-electron chi connectivity index (χ4n) is 3.81. The minimum absolute atomic E-state index is 0.273. The molecule has 0 spiro atoms. The molecule has 7 nitrogen and oxygen atoms in total. The summed E-state index contributed by atoms with van der Waals surface area (Å²) in [6.45, 7) is 2.48. The summed E-state index contributed by atoms with van der Waals surface area (Å²) in [6.07, 6.45) is 5.94. The number of carbonyl (C=O) groups is 2. The highest BCUT2D eigenvalue weighted by atomic mass is 16.5. The highest BCUT2D eigenvalue weighted by Crippen LogP contribution is 2.29. The van der Waals surface area contributed by atoms with Gasteiger partial charge < -0.3 is 25.4 Å². The molecule has 0 bridgehead atoms. The van der Waals surface area contributed by atoms with Gasteiger partial charge in [-0.1, -0.05) is 31.4 Å². The molecular weight excluding hydrogens is 358 g/mol. The van der Waals surface area contributed by atoms with Crippen molar-refractivity contribution in [1.82, 2.24) is 16.0 Å². The molecule has 28 heavy (non-hydrogen) atoms. The molecule has 7 heteroatoms. The topological polar surface area (TPSA) is 88.7 Å². The number of amides is 2. The maximum Gasteiger partial charge on any atom is 0.338 e. The van der Waals surface area contributed by atoms with Gasteiger partial charge in [-0.15, -0.1) is 0 Å². The summed E-state index contributed by atoms with van der Waals surface area (Å²) in [5.74, 6) is 0.293. The van der Waals surface area contributed by atoms with E-state index in [9.17, 15) is 9.59 Å². The van der Waals surface area contributed by atoms with Crippen molar-refractivity contribution in [1.29, 1.82) is 0 Å². The summed E-state index contributed by atoms with van der Waals surface area (Å²) < 4.78 is 10.5. The van der Waals surface area contributed by atoms with Crippen molar-refractivity contribution in [3.8, 4) is 5.75 Å². The summed E-state index contributed by atoms with van der Waals surface area (Å²) in [7, 11) is 1.60. The zero-order valence-corrected chi connectivity index (χ0v) is 16.5. The van der Waals surface area contributed by atoms with Crippen LogP contribution in [0.2, 0.25) is 0 Å². The van der Waals surface area contributed by atoms with Gasteiger partial charge in [0.1, 0.15) is 5.75 Å². The first kappa shape index (κ1) is 20.2.